The van der Waals surface area contributed by atoms with E-state index in [1.807, 2.05) is 0 Å². The van der Waals surface area contributed by atoms with Gasteiger partial charge >= 0.3 is 0 Å². The minimum atomic E-state index is 0.604. The standard InChI is InChI=1S/C9H19NO2/c1-11-6-3-7-12-8-9-4-2-5-10-9/h9-10H,2-8H2,1H3/t9-/m0/s1. The van der Waals surface area contributed by atoms with Gasteiger partial charge in [0.15, 0.2) is 0 Å². The Bertz CT molecular complexity index is 103. The molecule has 0 spiro atoms. The molecular weight excluding hydrogens is 154 g/mol. The number of rotatable bonds is 6. The zero-order valence-electron chi connectivity index (χ0n) is 7.84. The largest absolute Gasteiger partial charge is 0.385 e. The Morgan fingerprint density at radius 1 is 1.42 bits per heavy atom. The van der Waals surface area contributed by atoms with E-state index >= 15 is 0 Å². The molecule has 72 valence electrons. The molecule has 1 atom stereocenters. The summed E-state index contributed by atoms with van der Waals surface area (Å²) in [7, 11) is 1.72. The van der Waals surface area contributed by atoms with Crippen LogP contribution in [0.4, 0.5) is 0 Å². The highest BCUT2D eigenvalue weighted by Gasteiger charge is 2.12. The molecule has 1 saturated heterocycles. The number of nitrogens with one attached hydrogen (secondary N) is 1. The minimum absolute atomic E-state index is 0.604. The van der Waals surface area contributed by atoms with Crippen LogP contribution in [0.1, 0.15) is 19.3 Å². The Balaban J connectivity index is 1.81. The average molecular weight is 173 g/mol. The molecule has 0 aromatic rings. The normalized spacial score (nSPS) is 23.2. The van der Waals surface area contributed by atoms with Gasteiger partial charge in [0.25, 0.3) is 0 Å². The van der Waals surface area contributed by atoms with E-state index in [4.69, 9.17) is 9.47 Å². The maximum Gasteiger partial charge on any atom is 0.0619 e. The zero-order chi connectivity index (χ0) is 8.65. The summed E-state index contributed by atoms with van der Waals surface area (Å²) >= 11 is 0. The molecule has 1 heterocycles. The lowest BCUT2D eigenvalue weighted by molar-refractivity contribution is 0.0909. The maximum absolute atomic E-state index is 5.48. The fraction of sp³-hybridized carbons (Fsp3) is 1.00. The van der Waals surface area contributed by atoms with E-state index in [0.717, 1.165) is 32.8 Å². The van der Waals surface area contributed by atoms with Crippen LogP contribution in [0.5, 0.6) is 0 Å². The molecule has 1 rings (SSSR count). The molecule has 1 fully saturated rings. The van der Waals surface area contributed by atoms with Gasteiger partial charge in [-0.2, -0.15) is 0 Å². The number of methoxy groups -OCH3 is 1. The highest BCUT2D eigenvalue weighted by molar-refractivity contribution is 4.73. The Morgan fingerprint density at radius 2 is 2.33 bits per heavy atom. The Kier molecular flexibility index (Phi) is 5.32. The van der Waals surface area contributed by atoms with E-state index in [9.17, 15) is 0 Å². The lowest BCUT2D eigenvalue weighted by atomic mass is 10.2. The molecule has 0 saturated carbocycles. The van der Waals surface area contributed by atoms with Crippen molar-refractivity contribution in [3.8, 4) is 0 Å². The van der Waals surface area contributed by atoms with Crippen LogP contribution < -0.4 is 5.32 Å². The minimum Gasteiger partial charge on any atom is -0.385 e. The van der Waals surface area contributed by atoms with E-state index in [0.29, 0.717) is 6.04 Å². The molecule has 0 unspecified atom stereocenters. The van der Waals surface area contributed by atoms with Crippen LogP contribution in [0.15, 0.2) is 0 Å². The molecule has 0 radical (unpaired) electrons. The van der Waals surface area contributed by atoms with Crippen molar-refractivity contribution < 1.29 is 9.47 Å². The summed E-state index contributed by atoms with van der Waals surface area (Å²) in [4.78, 5) is 0. The Labute approximate surface area is 74.4 Å². The second-order valence-corrected chi connectivity index (χ2v) is 3.21. The highest BCUT2D eigenvalue weighted by atomic mass is 16.5. The number of hydrogen-bond donors (Lipinski definition) is 1. The molecule has 0 amide bonds. The molecule has 0 aromatic heterocycles. The monoisotopic (exact) mass is 173 g/mol. The Hall–Kier alpha value is -0.120. The predicted octanol–water partition coefficient (Wildman–Crippen LogP) is 0.791. The molecule has 0 aromatic carbocycles. The fourth-order valence-electron chi connectivity index (χ4n) is 1.43. The topological polar surface area (TPSA) is 30.5 Å². The third-order valence-corrected chi connectivity index (χ3v) is 2.12. The van der Waals surface area contributed by atoms with Gasteiger partial charge in [-0.1, -0.05) is 0 Å². The van der Waals surface area contributed by atoms with Gasteiger partial charge in [0.05, 0.1) is 6.61 Å². The summed E-state index contributed by atoms with van der Waals surface area (Å²) in [6, 6.07) is 0.604. The predicted molar refractivity (Wildman–Crippen MR) is 48.3 cm³/mol. The summed E-state index contributed by atoms with van der Waals surface area (Å²) in [5, 5.41) is 3.39. The quantitative estimate of drug-likeness (QED) is 0.602. The zero-order valence-corrected chi connectivity index (χ0v) is 7.84. The summed E-state index contributed by atoms with van der Waals surface area (Å²) in [5.74, 6) is 0. The van der Waals surface area contributed by atoms with Crippen LogP contribution in [0.3, 0.4) is 0 Å². The first-order valence-electron chi connectivity index (χ1n) is 4.73. The molecule has 1 N–H and O–H groups in total. The van der Waals surface area contributed by atoms with E-state index in [1.165, 1.54) is 12.8 Å². The summed E-state index contributed by atoms with van der Waals surface area (Å²) < 4.78 is 10.4. The van der Waals surface area contributed by atoms with Crippen molar-refractivity contribution in [3.63, 3.8) is 0 Å². The first-order chi connectivity index (χ1) is 5.93. The number of ether oxygens (including phenoxy) is 2. The van der Waals surface area contributed by atoms with Gasteiger partial charge in [0.2, 0.25) is 0 Å². The van der Waals surface area contributed by atoms with Gasteiger partial charge in [-0.25, -0.2) is 0 Å². The van der Waals surface area contributed by atoms with Crippen molar-refractivity contribution >= 4 is 0 Å². The third kappa shape index (κ3) is 4.04. The lowest BCUT2D eigenvalue weighted by Crippen LogP contribution is -2.26. The van der Waals surface area contributed by atoms with Crippen molar-refractivity contribution in [1.29, 1.82) is 0 Å². The summed E-state index contributed by atoms with van der Waals surface area (Å²) in [6.07, 6.45) is 3.57. The van der Waals surface area contributed by atoms with Crippen molar-refractivity contribution in [3.05, 3.63) is 0 Å². The summed E-state index contributed by atoms with van der Waals surface area (Å²) in [6.45, 7) is 3.65. The van der Waals surface area contributed by atoms with Crippen LogP contribution in [0, 0.1) is 0 Å². The highest BCUT2D eigenvalue weighted by Crippen LogP contribution is 2.04. The summed E-state index contributed by atoms with van der Waals surface area (Å²) in [5.41, 5.74) is 0. The fourth-order valence-corrected chi connectivity index (χ4v) is 1.43. The van der Waals surface area contributed by atoms with Crippen LogP contribution >= 0.6 is 0 Å². The number of hydrogen-bond acceptors (Lipinski definition) is 3. The van der Waals surface area contributed by atoms with Crippen LogP contribution in [-0.4, -0.2) is 39.5 Å². The van der Waals surface area contributed by atoms with Crippen LogP contribution in [-0.2, 0) is 9.47 Å². The van der Waals surface area contributed by atoms with Crippen molar-refractivity contribution in [1.82, 2.24) is 5.32 Å². The smallest absolute Gasteiger partial charge is 0.0619 e. The first kappa shape index (κ1) is 9.96. The molecule has 1 aliphatic heterocycles. The van der Waals surface area contributed by atoms with E-state index in [-0.39, 0.29) is 0 Å². The van der Waals surface area contributed by atoms with Crippen molar-refractivity contribution in [2.75, 3.05) is 33.5 Å². The van der Waals surface area contributed by atoms with Gasteiger partial charge < -0.3 is 14.8 Å². The SMILES string of the molecule is COCCCOC[C@@H]1CCCN1. The van der Waals surface area contributed by atoms with Gasteiger partial charge in [-0.05, 0) is 25.8 Å². The molecule has 12 heavy (non-hydrogen) atoms. The van der Waals surface area contributed by atoms with Crippen molar-refractivity contribution in [2.24, 2.45) is 0 Å². The Morgan fingerprint density at radius 3 is 3.00 bits per heavy atom. The second-order valence-electron chi connectivity index (χ2n) is 3.21. The second kappa shape index (κ2) is 6.40. The molecule has 1 aliphatic rings. The van der Waals surface area contributed by atoms with Crippen LogP contribution in [0.25, 0.3) is 0 Å². The van der Waals surface area contributed by atoms with Gasteiger partial charge in [0, 0.05) is 26.4 Å². The van der Waals surface area contributed by atoms with Gasteiger partial charge in [-0.15, -0.1) is 0 Å². The molecular formula is C9H19NO2. The lowest BCUT2D eigenvalue weighted by Gasteiger charge is -2.10. The van der Waals surface area contributed by atoms with E-state index in [2.05, 4.69) is 5.32 Å². The van der Waals surface area contributed by atoms with Gasteiger partial charge in [0.1, 0.15) is 0 Å². The average Bonchev–Trinajstić information content (AvgIpc) is 2.57. The van der Waals surface area contributed by atoms with Crippen LogP contribution in [0.2, 0.25) is 0 Å². The third-order valence-electron chi connectivity index (χ3n) is 2.12. The molecule has 0 aliphatic carbocycles. The first-order valence-corrected chi connectivity index (χ1v) is 4.73. The molecule has 3 heteroatoms. The molecule has 3 nitrogen and oxygen atoms in total. The van der Waals surface area contributed by atoms with Crippen molar-refractivity contribution in [2.45, 2.75) is 25.3 Å². The van der Waals surface area contributed by atoms with E-state index in [1.54, 1.807) is 7.11 Å². The molecule has 0 bridgehead atoms. The van der Waals surface area contributed by atoms with Gasteiger partial charge in [-0.3, -0.25) is 0 Å². The van der Waals surface area contributed by atoms with E-state index < -0.39 is 0 Å². The maximum atomic E-state index is 5.48.